The van der Waals surface area contributed by atoms with Gasteiger partial charge in [0.25, 0.3) is 0 Å². The molecule has 1 unspecified atom stereocenters. The fraction of sp³-hybridized carbons (Fsp3) is 0.625. The van der Waals surface area contributed by atoms with Crippen molar-refractivity contribution in [3.05, 3.63) is 29.8 Å². The number of nitrogens with two attached hydrogens (primary N) is 2. The number of amides is 1. The zero-order chi connectivity index (χ0) is 24.1. The molecule has 1 aromatic carbocycles. The fourth-order valence-corrected chi connectivity index (χ4v) is 3.53. The van der Waals surface area contributed by atoms with Crippen LogP contribution in [0.15, 0.2) is 24.3 Å². The van der Waals surface area contributed by atoms with Gasteiger partial charge < -0.3 is 21.9 Å². The highest BCUT2D eigenvalue weighted by atomic mass is 16.3. The van der Waals surface area contributed by atoms with Crippen LogP contribution in [-0.4, -0.2) is 54.8 Å². The van der Waals surface area contributed by atoms with E-state index in [9.17, 15) is 19.5 Å². The molecule has 8 heteroatoms. The molecule has 1 aromatic rings. The van der Waals surface area contributed by atoms with Gasteiger partial charge >= 0.3 is 0 Å². The van der Waals surface area contributed by atoms with E-state index in [1.54, 1.807) is 12.1 Å². The van der Waals surface area contributed by atoms with Crippen LogP contribution in [0.25, 0.3) is 0 Å². The largest absolute Gasteiger partial charge is 0.508 e. The summed E-state index contributed by atoms with van der Waals surface area (Å²) in [6, 6.07) is 5.17. The van der Waals surface area contributed by atoms with Crippen molar-refractivity contribution in [3.63, 3.8) is 0 Å². The third-order valence-electron chi connectivity index (χ3n) is 6.00. The van der Waals surface area contributed by atoms with Crippen molar-refractivity contribution in [1.29, 1.82) is 0 Å². The molecular weight excluding hydrogens is 408 g/mol. The predicted molar refractivity (Wildman–Crippen MR) is 126 cm³/mol. The second-order valence-electron chi connectivity index (χ2n) is 8.55. The molecule has 0 aliphatic rings. The van der Waals surface area contributed by atoms with E-state index in [2.05, 4.69) is 10.6 Å². The Balaban J connectivity index is 2.77. The number of carbonyl (C=O) groups is 3. The molecule has 0 bridgehead atoms. The Morgan fingerprint density at radius 1 is 1.09 bits per heavy atom. The van der Waals surface area contributed by atoms with Gasteiger partial charge in [0.05, 0.1) is 18.6 Å². The lowest BCUT2D eigenvalue weighted by molar-refractivity contribution is -0.129. The van der Waals surface area contributed by atoms with E-state index in [1.807, 2.05) is 20.9 Å². The smallest absolute Gasteiger partial charge is 0.234 e. The average Bonchev–Trinajstić information content (AvgIpc) is 2.78. The normalized spacial score (nSPS) is 15.0. The molecule has 1 rings (SSSR count). The Hall–Kier alpha value is -2.29. The van der Waals surface area contributed by atoms with Crippen molar-refractivity contribution >= 4 is 17.5 Å². The number of hydrogen-bond donors (Lipinski definition) is 5. The summed E-state index contributed by atoms with van der Waals surface area (Å²) in [5.41, 5.74) is 12.4. The van der Waals surface area contributed by atoms with Crippen LogP contribution in [0.2, 0.25) is 0 Å². The first kappa shape index (κ1) is 27.7. The van der Waals surface area contributed by atoms with Crippen LogP contribution in [0.3, 0.4) is 0 Å². The summed E-state index contributed by atoms with van der Waals surface area (Å²) in [6.07, 6.45) is 3.53. The molecule has 0 radical (unpaired) electrons. The average molecular weight is 449 g/mol. The highest BCUT2D eigenvalue weighted by Gasteiger charge is 2.27. The second-order valence-corrected chi connectivity index (χ2v) is 8.55. The molecule has 180 valence electrons. The van der Waals surface area contributed by atoms with Crippen molar-refractivity contribution < 1.29 is 19.5 Å². The van der Waals surface area contributed by atoms with Gasteiger partial charge in [-0.05, 0) is 56.5 Å². The molecule has 0 saturated carbocycles. The zero-order valence-electron chi connectivity index (χ0n) is 19.6. The summed E-state index contributed by atoms with van der Waals surface area (Å²) in [6.45, 7) is 4.72. The van der Waals surface area contributed by atoms with Gasteiger partial charge in [-0.1, -0.05) is 38.8 Å². The van der Waals surface area contributed by atoms with Crippen LogP contribution in [0.5, 0.6) is 5.75 Å². The fourth-order valence-electron chi connectivity index (χ4n) is 3.53. The molecule has 1 amide bonds. The Kier molecular flexibility index (Phi) is 12.8. The maximum atomic E-state index is 13.0. The lowest BCUT2D eigenvalue weighted by Crippen LogP contribution is -2.46. The lowest BCUT2D eigenvalue weighted by Gasteiger charge is -2.22. The topological polar surface area (TPSA) is 148 Å². The van der Waals surface area contributed by atoms with E-state index >= 15 is 0 Å². The molecule has 0 spiro atoms. The minimum Gasteiger partial charge on any atom is -0.508 e. The number of aromatic hydroxyl groups is 1. The molecule has 0 aliphatic carbocycles. The number of benzene rings is 1. The van der Waals surface area contributed by atoms with E-state index in [-0.39, 0.29) is 36.2 Å². The third-order valence-corrected chi connectivity index (χ3v) is 6.00. The first-order valence-electron chi connectivity index (χ1n) is 11.5. The van der Waals surface area contributed by atoms with Crippen molar-refractivity contribution in [1.82, 2.24) is 10.6 Å². The molecular formula is C24H40N4O4. The van der Waals surface area contributed by atoms with Gasteiger partial charge in [-0.2, -0.15) is 0 Å². The Labute approximate surface area is 191 Å². The van der Waals surface area contributed by atoms with Crippen LogP contribution in [0, 0.1) is 11.8 Å². The van der Waals surface area contributed by atoms with E-state index in [1.165, 1.54) is 12.1 Å². The molecule has 0 heterocycles. The zero-order valence-corrected chi connectivity index (χ0v) is 19.6. The second kappa shape index (κ2) is 14.7. The molecule has 32 heavy (non-hydrogen) atoms. The lowest BCUT2D eigenvalue weighted by atomic mass is 9.86. The minimum absolute atomic E-state index is 0.0474. The van der Waals surface area contributed by atoms with Gasteiger partial charge in [-0.15, -0.1) is 0 Å². The molecule has 4 atom stereocenters. The highest BCUT2D eigenvalue weighted by Crippen LogP contribution is 2.18. The molecule has 0 aliphatic heterocycles. The minimum atomic E-state index is -0.730. The highest BCUT2D eigenvalue weighted by molar-refractivity contribution is 5.91. The summed E-state index contributed by atoms with van der Waals surface area (Å²) in [5.74, 6) is -1.02. The maximum absolute atomic E-state index is 13.0. The summed E-state index contributed by atoms with van der Waals surface area (Å²) in [7, 11) is 1.87. The number of phenols is 1. The van der Waals surface area contributed by atoms with Crippen molar-refractivity contribution in [2.45, 2.75) is 64.5 Å². The number of hydrogen-bond acceptors (Lipinski definition) is 7. The van der Waals surface area contributed by atoms with Crippen molar-refractivity contribution in [2.24, 2.45) is 23.3 Å². The number of primary amides is 1. The van der Waals surface area contributed by atoms with E-state index in [4.69, 9.17) is 11.5 Å². The maximum Gasteiger partial charge on any atom is 0.234 e. The van der Waals surface area contributed by atoms with Gasteiger partial charge in [-0.3, -0.25) is 19.7 Å². The molecule has 7 N–H and O–H groups in total. The van der Waals surface area contributed by atoms with Gasteiger partial charge in [0, 0.05) is 12.3 Å². The number of carbonyl (C=O) groups excluding carboxylic acids is 3. The summed E-state index contributed by atoms with van der Waals surface area (Å²) in [4.78, 5) is 37.5. The van der Waals surface area contributed by atoms with Crippen molar-refractivity contribution in [3.8, 4) is 5.75 Å². The van der Waals surface area contributed by atoms with Gasteiger partial charge in [-0.25, -0.2) is 0 Å². The number of Topliss-reactive ketones (excluding diaryl/α,β-unsaturated/α-hetero) is 2. The summed E-state index contributed by atoms with van der Waals surface area (Å²) >= 11 is 0. The Morgan fingerprint density at radius 3 is 2.31 bits per heavy atom. The standard InChI is InChI=1S/C24H40N4O4/c1-4-16(2)23(25)21(30)14-18(7-5-6-12-27-3)22(31)15-28-20(24(26)32)13-17-8-10-19(29)11-9-17/h8-11,16,18,20,23,27-29H,4-7,12-15,25H2,1-3H3,(H2,26,32)/t16?,18-,20+,23+/m1/s1. The third kappa shape index (κ3) is 9.89. The Bertz CT molecular complexity index is 723. The molecule has 8 nitrogen and oxygen atoms in total. The molecule has 0 saturated heterocycles. The van der Waals surface area contributed by atoms with Crippen LogP contribution in [0.4, 0.5) is 0 Å². The monoisotopic (exact) mass is 448 g/mol. The first-order chi connectivity index (χ1) is 15.2. The van der Waals surface area contributed by atoms with Crippen LogP contribution >= 0.6 is 0 Å². The number of nitrogens with one attached hydrogen (secondary N) is 2. The quantitative estimate of drug-likeness (QED) is 0.226. The summed E-state index contributed by atoms with van der Waals surface area (Å²) < 4.78 is 0. The van der Waals surface area contributed by atoms with Crippen LogP contribution in [-0.2, 0) is 20.8 Å². The van der Waals surface area contributed by atoms with Gasteiger partial charge in [0.15, 0.2) is 5.78 Å². The van der Waals surface area contributed by atoms with E-state index in [0.29, 0.717) is 12.8 Å². The van der Waals surface area contributed by atoms with Gasteiger partial charge in [0.1, 0.15) is 11.5 Å². The summed E-state index contributed by atoms with van der Waals surface area (Å²) in [5, 5.41) is 15.4. The van der Waals surface area contributed by atoms with Crippen molar-refractivity contribution in [2.75, 3.05) is 20.1 Å². The number of ketones is 2. The van der Waals surface area contributed by atoms with Crippen LogP contribution in [0.1, 0.15) is 51.5 Å². The number of phenolic OH excluding ortho intramolecular Hbond substituents is 1. The Morgan fingerprint density at radius 2 is 1.75 bits per heavy atom. The van der Waals surface area contributed by atoms with Crippen LogP contribution < -0.4 is 22.1 Å². The van der Waals surface area contributed by atoms with E-state index < -0.39 is 23.9 Å². The molecule has 0 fully saturated rings. The number of rotatable bonds is 17. The number of unbranched alkanes of at least 4 members (excludes halogenated alkanes) is 1. The molecule has 0 aromatic heterocycles. The SMILES string of the molecule is CCC(C)[C@H](N)C(=O)C[C@@H](CCCCNC)C(=O)CN[C@@H](Cc1ccc(O)cc1)C(N)=O. The first-order valence-corrected chi connectivity index (χ1v) is 11.5. The predicted octanol–water partition coefficient (Wildman–Crippen LogP) is 1.29. The van der Waals surface area contributed by atoms with E-state index in [0.717, 1.165) is 31.4 Å². The van der Waals surface area contributed by atoms with Gasteiger partial charge in [0.2, 0.25) is 5.91 Å².